The van der Waals surface area contributed by atoms with Gasteiger partial charge in [0.15, 0.2) is 0 Å². The fourth-order valence-corrected chi connectivity index (χ4v) is 1.48. The van der Waals surface area contributed by atoms with Gasteiger partial charge in [-0.25, -0.2) is 0 Å². The zero-order valence-electron chi connectivity index (χ0n) is 7.13. The summed E-state index contributed by atoms with van der Waals surface area (Å²) in [4.78, 5) is 2.38. The highest BCUT2D eigenvalue weighted by atomic mass is 16.5. The fourth-order valence-electron chi connectivity index (χ4n) is 1.48. The molecule has 2 heteroatoms. The van der Waals surface area contributed by atoms with Gasteiger partial charge in [0.25, 0.3) is 0 Å². The Labute approximate surface area is 63.2 Å². The van der Waals surface area contributed by atoms with E-state index in [1.54, 1.807) is 0 Å². The first-order valence-corrected chi connectivity index (χ1v) is 4.11. The second-order valence-electron chi connectivity index (χ2n) is 3.13. The van der Waals surface area contributed by atoms with Gasteiger partial charge in [-0.05, 0) is 12.5 Å². The number of hydrogen-bond acceptors (Lipinski definition) is 2. The molecule has 10 heavy (non-hydrogen) atoms. The van der Waals surface area contributed by atoms with Crippen molar-refractivity contribution >= 4 is 0 Å². The molecule has 1 aliphatic heterocycles. The summed E-state index contributed by atoms with van der Waals surface area (Å²) >= 11 is 0. The van der Waals surface area contributed by atoms with Crippen LogP contribution in [0.2, 0.25) is 0 Å². The van der Waals surface area contributed by atoms with E-state index in [4.69, 9.17) is 4.74 Å². The van der Waals surface area contributed by atoms with Gasteiger partial charge in [0.2, 0.25) is 0 Å². The molecule has 0 bridgehead atoms. The Balaban J connectivity index is 2.42. The van der Waals surface area contributed by atoms with Crippen molar-refractivity contribution in [1.29, 1.82) is 0 Å². The van der Waals surface area contributed by atoms with Gasteiger partial charge in [0, 0.05) is 6.54 Å². The van der Waals surface area contributed by atoms with E-state index < -0.39 is 0 Å². The molecule has 60 valence electrons. The lowest BCUT2D eigenvalue weighted by Gasteiger charge is -2.23. The zero-order chi connectivity index (χ0) is 7.56. The fraction of sp³-hybridized carbons (Fsp3) is 1.00. The van der Waals surface area contributed by atoms with E-state index in [-0.39, 0.29) is 0 Å². The summed E-state index contributed by atoms with van der Waals surface area (Å²) in [7, 11) is 0. The van der Waals surface area contributed by atoms with E-state index in [0.29, 0.717) is 12.1 Å². The second-order valence-corrected chi connectivity index (χ2v) is 3.13. The molecule has 1 fully saturated rings. The molecular weight excluding hydrogens is 126 g/mol. The standard InChI is InChI=1S/C8H17NO/c1-4-9-5-6-10-8(9)7(2)3/h7-8H,4-6H2,1-3H3. The van der Waals surface area contributed by atoms with E-state index in [1.807, 2.05) is 0 Å². The van der Waals surface area contributed by atoms with E-state index >= 15 is 0 Å². The zero-order valence-corrected chi connectivity index (χ0v) is 7.13. The minimum absolute atomic E-state index is 0.380. The Hall–Kier alpha value is -0.0800. The highest BCUT2D eigenvalue weighted by Crippen LogP contribution is 2.16. The van der Waals surface area contributed by atoms with Gasteiger partial charge >= 0.3 is 0 Å². The second kappa shape index (κ2) is 3.35. The Bertz CT molecular complexity index is 103. The minimum Gasteiger partial charge on any atom is -0.362 e. The van der Waals surface area contributed by atoms with Crippen molar-refractivity contribution in [3.8, 4) is 0 Å². The van der Waals surface area contributed by atoms with Gasteiger partial charge in [0.05, 0.1) is 6.61 Å². The highest BCUT2D eigenvalue weighted by Gasteiger charge is 2.25. The van der Waals surface area contributed by atoms with Gasteiger partial charge in [0.1, 0.15) is 6.23 Å². The van der Waals surface area contributed by atoms with Crippen molar-refractivity contribution in [2.45, 2.75) is 27.0 Å². The molecule has 0 spiro atoms. The maximum absolute atomic E-state index is 5.54. The average molecular weight is 143 g/mol. The largest absolute Gasteiger partial charge is 0.362 e. The first kappa shape index (κ1) is 8.02. The summed E-state index contributed by atoms with van der Waals surface area (Å²) in [6, 6.07) is 0. The minimum atomic E-state index is 0.380. The lowest BCUT2D eigenvalue weighted by molar-refractivity contribution is 0.000606. The molecule has 0 aromatic heterocycles. The van der Waals surface area contributed by atoms with Crippen LogP contribution >= 0.6 is 0 Å². The lowest BCUT2D eigenvalue weighted by Crippen LogP contribution is -2.33. The van der Waals surface area contributed by atoms with Gasteiger partial charge in [-0.2, -0.15) is 0 Å². The van der Waals surface area contributed by atoms with Crippen LogP contribution in [-0.2, 0) is 4.74 Å². The Morgan fingerprint density at radius 1 is 1.60 bits per heavy atom. The van der Waals surface area contributed by atoms with Crippen LogP contribution in [-0.4, -0.2) is 30.8 Å². The topological polar surface area (TPSA) is 12.5 Å². The van der Waals surface area contributed by atoms with Crippen molar-refractivity contribution < 1.29 is 4.74 Å². The van der Waals surface area contributed by atoms with Gasteiger partial charge in [-0.1, -0.05) is 20.8 Å². The van der Waals surface area contributed by atoms with Crippen LogP contribution in [0.1, 0.15) is 20.8 Å². The molecular formula is C8H17NO. The maximum Gasteiger partial charge on any atom is 0.113 e. The molecule has 1 aliphatic rings. The monoisotopic (exact) mass is 143 g/mol. The van der Waals surface area contributed by atoms with Crippen molar-refractivity contribution in [2.24, 2.45) is 5.92 Å². The molecule has 0 amide bonds. The molecule has 0 N–H and O–H groups in total. The summed E-state index contributed by atoms with van der Waals surface area (Å²) in [6.45, 7) is 9.74. The van der Waals surface area contributed by atoms with E-state index in [0.717, 1.165) is 19.7 Å². The first-order valence-electron chi connectivity index (χ1n) is 4.11. The Morgan fingerprint density at radius 2 is 2.30 bits per heavy atom. The molecule has 1 heterocycles. The molecule has 1 saturated heterocycles. The van der Waals surface area contributed by atoms with Gasteiger partial charge in [-0.3, -0.25) is 4.90 Å². The molecule has 0 aromatic carbocycles. The molecule has 0 aliphatic carbocycles. The van der Waals surface area contributed by atoms with Gasteiger partial charge < -0.3 is 4.74 Å². The number of rotatable bonds is 2. The molecule has 0 radical (unpaired) electrons. The Kier molecular flexibility index (Phi) is 2.69. The number of hydrogen-bond donors (Lipinski definition) is 0. The number of ether oxygens (including phenoxy) is 1. The van der Waals surface area contributed by atoms with Crippen molar-refractivity contribution in [2.75, 3.05) is 19.7 Å². The third-order valence-electron chi connectivity index (χ3n) is 2.00. The maximum atomic E-state index is 5.54. The van der Waals surface area contributed by atoms with Crippen molar-refractivity contribution in [3.63, 3.8) is 0 Å². The molecule has 1 atom stereocenters. The predicted molar refractivity (Wildman–Crippen MR) is 41.8 cm³/mol. The predicted octanol–water partition coefficient (Wildman–Crippen LogP) is 1.32. The van der Waals surface area contributed by atoms with Crippen LogP contribution in [0.25, 0.3) is 0 Å². The van der Waals surface area contributed by atoms with E-state index in [2.05, 4.69) is 25.7 Å². The molecule has 0 aromatic rings. The van der Waals surface area contributed by atoms with Crippen LogP contribution in [0, 0.1) is 5.92 Å². The smallest absolute Gasteiger partial charge is 0.113 e. The van der Waals surface area contributed by atoms with E-state index in [1.165, 1.54) is 0 Å². The average Bonchev–Trinajstić information content (AvgIpc) is 2.33. The molecule has 1 rings (SSSR count). The van der Waals surface area contributed by atoms with Crippen molar-refractivity contribution in [3.05, 3.63) is 0 Å². The summed E-state index contributed by atoms with van der Waals surface area (Å²) in [5, 5.41) is 0. The van der Waals surface area contributed by atoms with Crippen LogP contribution in [0.3, 0.4) is 0 Å². The van der Waals surface area contributed by atoms with Crippen LogP contribution < -0.4 is 0 Å². The summed E-state index contributed by atoms with van der Waals surface area (Å²) in [6.07, 6.45) is 0.380. The van der Waals surface area contributed by atoms with Crippen LogP contribution in [0.15, 0.2) is 0 Å². The first-order chi connectivity index (χ1) is 4.75. The number of likely N-dealkylation sites (N-methyl/N-ethyl adjacent to an activating group) is 1. The SMILES string of the molecule is CCN1CCOC1C(C)C. The summed E-state index contributed by atoms with van der Waals surface area (Å²) in [5.74, 6) is 0.627. The van der Waals surface area contributed by atoms with Crippen molar-refractivity contribution in [1.82, 2.24) is 4.90 Å². The summed E-state index contributed by atoms with van der Waals surface area (Å²) < 4.78 is 5.54. The van der Waals surface area contributed by atoms with Crippen LogP contribution in [0.4, 0.5) is 0 Å². The Morgan fingerprint density at radius 3 is 2.70 bits per heavy atom. The third-order valence-corrected chi connectivity index (χ3v) is 2.00. The molecule has 2 nitrogen and oxygen atoms in total. The molecule has 1 unspecified atom stereocenters. The third kappa shape index (κ3) is 1.50. The van der Waals surface area contributed by atoms with E-state index in [9.17, 15) is 0 Å². The molecule has 0 saturated carbocycles. The van der Waals surface area contributed by atoms with Gasteiger partial charge in [-0.15, -0.1) is 0 Å². The normalized spacial score (nSPS) is 28.2. The summed E-state index contributed by atoms with van der Waals surface area (Å²) in [5.41, 5.74) is 0. The number of nitrogens with zero attached hydrogens (tertiary/aromatic N) is 1. The quantitative estimate of drug-likeness (QED) is 0.578. The van der Waals surface area contributed by atoms with Crippen LogP contribution in [0.5, 0.6) is 0 Å². The highest BCUT2D eigenvalue weighted by molar-refractivity contribution is 4.70. The lowest BCUT2D eigenvalue weighted by atomic mass is 10.2.